The van der Waals surface area contributed by atoms with E-state index >= 15 is 0 Å². The molecular formula is C15H22N2O3S. The van der Waals surface area contributed by atoms with Crippen molar-refractivity contribution in [1.29, 1.82) is 0 Å². The standard InChI is InChI=1S/C15H22N2O3S/c1-5-11(8-21-4)16-15(20)17-12-6-9(2)10(3)13(7-12)14(18)19/h6-7,11H,5,8H2,1-4H3,(H,18,19)(H2,16,17,20). The van der Waals surface area contributed by atoms with E-state index in [1.807, 2.05) is 20.1 Å². The largest absolute Gasteiger partial charge is 0.478 e. The van der Waals surface area contributed by atoms with Gasteiger partial charge in [0.05, 0.1) is 5.56 Å². The molecular weight excluding hydrogens is 288 g/mol. The van der Waals surface area contributed by atoms with Gasteiger partial charge in [-0.2, -0.15) is 11.8 Å². The Labute approximate surface area is 129 Å². The summed E-state index contributed by atoms with van der Waals surface area (Å²) in [7, 11) is 0. The smallest absolute Gasteiger partial charge is 0.336 e. The van der Waals surface area contributed by atoms with Gasteiger partial charge in [-0.1, -0.05) is 6.92 Å². The minimum atomic E-state index is -0.992. The van der Waals surface area contributed by atoms with E-state index in [1.54, 1.807) is 24.8 Å². The maximum atomic E-state index is 12.0. The van der Waals surface area contributed by atoms with E-state index in [9.17, 15) is 14.7 Å². The van der Waals surface area contributed by atoms with Crippen molar-refractivity contribution in [3.05, 3.63) is 28.8 Å². The lowest BCUT2D eigenvalue weighted by atomic mass is 10.0. The first-order chi connectivity index (χ1) is 9.88. The zero-order valence-electron chi connectivity index (χ0n) is 12.8. The highest BCUT2D eigenvalue weighted by atomic mass is 32.2. The Kier molecular flexibility index (Phi) is 6.55. The van der Waals surface area contributed by atoms with Crippen molar-refractivity contribution in [2.45, 2.75) is 33.2 Å². The minimum absolute atomic E-state index is 0.102. The Morgan fingerprint density at radius 2 is 2.00 bits per heavy atom. The summed E-state index contributed by atoms with van der Waals surface area (Å²) in [4.78, 5) is 23.1. The quantitative estimate of drug-likeness (QED) is 0.753. The fourth-order valence-electron chi connectivity index (χ4n) is 1.97. The van der Waals surface area contributed by atoms with Crippen LogP contribution in [-0.4, -0.2) is 35.2 Å². The molecule has 0 aliphatic carbocycles. The fraction of sp³-hybridized carbons (Fsp3) is 0.467. The number of hydrogen-bond donors (Lipinski definition) is 3. The lowest BCUT2D eigenvalue weighted by Gasteiger charge is -2.17. The summed E-state index contributed by atoms with van der Waals surface area (Å²) < 4.78 is 0. The van der Waals surface area contributed by atoms with Crippen molar-refractivity contribution in [2.75, 3.05) is 17.3 Å². The molecule has 0 aliphatic rings. The van der Waals surface area contributed by atoms with Gasteiger partial charge in [0.25, 0.3) is 0 Å². The molecule has 0 saturated heterocycles. The number of carboxylic acids is 1. The van der Waals surface area contributed by atoms with Gasteiger partial charge < -0.3 is 15.7 Å². The van der Waals surface area contributed by atoms with Gasteiger partial charge in [0.1, 0.15) is 0 Å². The molecule has 116 valence electrons. The average Bonchev–Trinajstić information content (AvgIpc) is 2.41. The van der Waals surface area contributed by atoms with Crippen molar-refractivity contribution >= 4 is 29.4 Å². The Hall–Kier alpha value is -1.69. The summed E-state index contributed by atoms with van der Waals surface area (Å²) in [6.45, 7) is 5.60. The van der Waals surface area contributed by atoms with Crippen LogP contribution in [0.25, 0.3) is 0 Å². The molecule has 5 nitrogen and oxygen atoms in total. The second kappa shape index (κ2) is 7.93. The van der Waals surface area contributed by atoms with Crippen LogP contribution in [0.4, 0.5) is 10.5 Å². The summed E-state index contributed by atoms with van der Waals surface area (Å²) in [5.41, 5.74) is 2.25. The fourth-order valence-corrected chi connectivity index (χ4v) is 2.69. The number of amides is 2. The van der Waals surface area contributed by atoms with Gasteiger partial charge in [-0.15, -0.1) is 0 Å². The van der Waals surface area contributed by atoms with Crippen LogP contribution in [0.1, 0.15) is 34.8 Å². The number of aryl methyl sites for hydroxylation is 1. The van der Waals surface area contributed by atoms with E-state index in [4.69, 9.17) is 0 Å². The number of hydrogen-bond acceptors (Lipinski definition) is 3. The SMILES string of the molecule is CCC(CSC)NC(=O)Nc1cc(C)c(C)c(C(=O)O)c1. The molecule has 0 heterocycles. The molecule has 0 aromatic heterocycles. The van der Waals surface area contributed by atoms with Crippen LogP contribution in [0.5, 0.6) is 0 Å². The number of aromatic carboxylic acids is 1. The predicted molar refractivity (Wildman–Crippen MR) is 87.5 cm³/mol. The van der Waals surface area contributed by atoms with Crippen LogP contribution >= 0.6 is 11.8 Å². The average molecular weight is 310 g/mol. The summed E-state index contributed by atoms with van der Waals surface area (Å²) in [5, 5.41) is 14.8. The Bertz CT molecular complexity index is 532. The number of benzene rings is 1. The van der Waals surface area contributed by atoms with Gasteiger partial charge in [0.15, 0.2) is 0 Å². The molecule has 0 bridgehead atoms. The van der Waals surface area contributed by atoms with Gasteiger partial charge >= 0.3 is 12.0 Å². The number of carbonyl (C=O) groups excluding carboxylic acids is 1. The second-order valence-electron chi connectivity index (χ2n) is 4.93. The molecule has 0 spiro atoms. The molecule has 6 heteroatoms. The molecule has 1 rings (SSSR count). The number of nitrogens with one attached hydrogen (secondary N) is 2. The molecule has 1 atom stereocenters. The van der Waals surface area contributed by atoms with Crippen LogP contribution in [0, 0.1) is 13.8 Å². The monoisotopic (exact) mass is 310 g/mol. The molecule has 21 heavy (non-hydrogen) atoms. The summed E-state index contributed by atoms with van der Waals surface area (Å²) in [6, 6.07) is 3.05. The van der Waals surface area contributed by atoms with Crippen molar-refractivity contribution in [1.82, 2.24) is 5.32 Å². The Morgan fingerprint density at radius 1 is 1.33 bits per heavy atom. The number of thioether (sulfide) groups is 1. The highest BCUT2D eigenvalue weighted by molar-refractivity contribution is 7.98. The van der Waals surface area contributed by atoms with Crippen molar-refractivity contribution < 1.29 is 14.7 Å². The lowest BCUT2D eigenvalue weighted by molar-refractivity contribution is 0.0696. The van der Waals surface area contributed by atoms with Gasteiger partial charge in [0.2, 0.25) is 0 Å². The van der Waals surface area contributed by atoms with Gasteiger partial charge in [0, 0.05) is 17.5 Å². The van der Waals surface area contributed by atoms with E-state index in [0.29, 0.717) is 11.3 Å². The molecule has 2 amide bonds. The number of anilines is 1. The van der Waals surface area contributed by atoms with E-state index in [2.05, 4.69) is 10.6 Å². The highest BCUT2D eigenvalue weighted by Crippen LogP contribution is 2.20. The summed E-state index contributed by atoms with van der Waals surface area (Å²) >= 11 is 1.67. The molecule has 1 aromatic rings. The molecule has 3 N–H and O–H groups in total. The number of rotatable bonds is 6. The third-order valence-corrected chi connectivity index (χ3v) is 4.09. The van der Waals surface area contributed by atoms with E-state index in [0.717, 1.165) is 17.7 Å². The van der Waals surface area contributed by atoms with E-state index in [-0.39, 0.29) is 17.6 Å². The van der Waals surface area contributed by atoms with E-state index in [1.165, 1.54) is 6.07 Å². The maximum absolute atomic E-state index is 12.0. The lowest BCUT2D eigenvalue weighted by Crippen LogP contribution is -2.39. The predicted octanol–water partition coefficient (Wildman–Crippen LogP) is 3.26. The maximum Gasteiger partial charge on any atom is 0.336 e. The van der Waals surface area contributed by atoms with Crippen molar-refractivity contribution in [3.8, 4) is 0 Å². The zero-order chi connectivity index (χ0) is 16.0. The molecule has 0 saturated carbocycles. The normalized spacial score (nSPS) is 11.8. The van der Waals surface area contributed by atoms with Crippen LogP contribution in [0.2, 0.25) is 0 Å². The Morgan fingerprint density at radius 3 is 2.52 bits per heavy atom. The molecule has 1 aromatic carbocycles. The van der Waals surface area contributed by atoms with Crippen molar-refractivity contribution in [2.24, 2.45) is 0 Å². The number of carbonyl (C=O) groups is 2. The number of urea groups is 1. The van der Waals surface area contributed by atoms with E-state index < -0.39 is 5.97 Å². The minimum Gasteiger partial charge on any atom is -0.478 e. The molecule has 1 unspecified atom stereocenters. The second-order valence-corrected chi connectivity index (χ2v) is 5.84. The third-order valence-electron chi connectivity index (χ3n) is 3.35. The van der Waals surface area contributed by atoms with Gasteiger partial charge in [-0.3, -0.25) is 0 Å². The topological polar surface area (TPSA) is 78.4 Å². The molecule has 0 fully saturated rings. The Balaban J connectivity index is 2.83. The van der Waals surface area contributed by atoms with Crippen LogP contribution in [0.15, 0.2) is 12.1 Å². The zero-order valence-corrected chi connectivity index (χ0v) is 13.6. The highest BCUT2D eigenvalue weighted by Gasteiger charge is 2.14. The first-order valence-corrected chi connectivity index (χ1v) is 8.19. The first-order valence-electron chi connectivity index (χ1n) is 6.80. The summed E-state index contributed by atoms with van der Waals surface area (Å²) in [6.07, 6.45) is 2.84. The molecule has 0 aliphatic heterocycles. The van der Waals surface area contributed by atoms with Crippen LogP contribution in [-0.2, 0) is 0 Å². The van der Waals surface area contributed by atoms with Crippen LogP contribution < -0.4 is 10.6 Å². The third kappa shape index (κ3) is 4.97. The first kappa shape index (κ1) is 17.4. The molecule has 0 radical (unpaired) electrons. The number of carboxylic acid groups (broad SMARTS) is 1. The van der Waals surface area contributed by atoms with Gasteiger partial charge in [-0.25, -0.2) is 9.59 Å². The van der Waals surface area contributed by atoms with Crippen LogP contribution in [0.3, 0.4) is 0 Å². The van der Waals surface area contributed by atoms with Gasteiger partial charge in [-0.05, 0) is 49.8 Å². The summed E-state index contributed by atoms with van der Waals surface area (Å²) in [5.74, 6) is -0.148. The van der Waals surface area contributed by atoms with Crippen molar-refractivity contribution in [3.63, 3.8) is 0 Å².